The summed E-state index contributed by atoms with van der Waals surface area (Å²) >= 11 is 0. The van der Waals surface area contributed by atoms with Crippen molar-refractivity contribution >= 4 is 23.1 Å². The number of hydrogen-bond acceptors (Lipinski definition) is 5. The van der Waals surface area contributed by atoms with Crippen LogP contribution in [0.1, 0.15) is 17.3 Å². The van der Waals surface area contributed by atoms with E-state index in [0.29, 0.717) is 23.7 Å². The summed E-state index contributed by atoms with van der Waals surface area (Å²) < 4.78 is 10.6. The van der Waals surface area contributed by atoms with Gasteiger partial charge in [-0.25, -0.2) is 4.98 Å². The summed E-state index contributed by atoms with van der Waals surface area (Å²) in [7, 11) is 1.62. The molecule has 0 fully saturated rings. The van der Waals surface area contributed by atoms with E-state index in [1.54, 1.807) is 31.4 Å². The van der Waals surface area contributed by atoms with E-state index in [9.17, 15) is 4.79 Å². The lowest BCUT2D eigenvalue weighted by atomic mass is 10.2. The van der Waals surface area contributed by atoms with Crippen molar-refractivity contribution in [3.05, 3.63) is 72.4 Å². The van der Waals surface area contributed by atoms with Gasteiger partial charge < -0.3 is 20.1 Å². The Morgan fingerprint density at radius 1 is 1.00 bits per heavy atom. The van der Waals surface area contributed by atoms with Crippen LogP contribution in [-0.2, 0) is 0 Å². The standard InChI is InChI=1S/C21H21N3O3/c1-3-27-18-10-8-16(9-11-18)24-21(25)15-7-12-20(22-14-15)23-17-5-4-6-19(13-17)26-2/h4-14H,3H2,1-2H3,(H,22,23)(H,24,25). The van der Waals surface area contributed by atoms with E-state index in [1.807, 2.05) is 43.3 Å². The third-order valence-electron chi connectivity index (χ3n) is 3.79. The molecular formula is C21H21N3O3. The lowest BCUT2D eigenvalue weighted by Crippen LogP contribution is -2.12. The highest BCUT2D eigenvalue weighted by Gasteiger charge is 2.07. The Kier molecular flexibility index (Phi) is 5.89. The first kappa shape index (κ1) is 18.3. The zero-order valence-corrected chi connectivity index (χ0v) is 15.2. The average Bonchev–Trinajstić information content (AvgIpc) is 2.70. The Morgan fingerprint density at radius 3 is 2.48 bits per heavy atom. The molecular weight excluding hydrogens is 342 g/mol. The van der Waals surface area contributed by atoms with Crippen molar-refractivity contribution in [3.63, 3.8) is 0 Å². The van der Waals surface area contributed by atoms with Gasteiger partial charge in [0.25, 0.3) is 5.91 Å². The van der Waals surface area contributed by atoms with E-state index < -0.39 is 0 Å². The third-order valence-corrected chi connectivity index (χ3v) is 3.79. The molecule has 1 aromatic heterocycles. The monoisotopic (exact) mass is 363 g/mol. The summed E-state index contributed by atoms with van der Waals surface area (Å²) in [6.45, 7) is 2.53. The number of ether oxygens (including phenoxy) is 2. The number of aromatic nitrogens is 1. The van der Waals surface area contributed by atoms with Gasteiger partial charge >= 0.3 is 0 Å². The molecule has 0 spiro atoms. The highest BCUT2D eigenvalue weighted by Crippen LogP contribution is 2.21. The molecule has 0 aliphatic carbocycles. The second kappa shape index (κ2) is 8.71. The van der Waals surface area contributed by atoms with Crippen molar-refractivity contribution in [1.29, 1.82) is 0 Å². The molecule has 0 atom stereocenters. The van der Waals surface area contributed by atoms with Crippen LogP contribution < -0.4 is 20.1 Å². The van der Waals surface area contributed by atoms with Crippen molar-refractivity contribution in [2.24, 2.45) is 0 Å². The fourth-order valence-electron chi connectivity index (χ4n) is 2.46. The number of methoxy groups -OCH3 is 1. The Balaban J connectivity index is 1.62. The summed E-state index contributed by atoms with van der Waals surface area (Å²) in [6, 6.07) is 18.3. The highest BCUT2D eigenvalue weighted by molar-refractivity contribution is 6.04. The van der Waals surface area contributed by atoms with Gasteiger partial charge in [0.1, 0.15) is 17.3 Å². The van der Waals surface area contributed by atoms with Crippen molar-refractivity contribution < 1.29 is 14.3 Å². The predicted octanol–water partition coefficient (Wildman–Crippen LogP) is 4.48. The van der Waals surface area contributed by atoms with Gasteiger partial charge in [0, 0.05) is 23.6 Å². The van der Waals surface area contributed by atoms with Crippen LogP contribution in [0.5, 0.6) is 11.5 Å². The minimum atomic E-state index is -0.223. The van der Waals surface area contributed by atoms with Crippen LogP contribution in [-0.4, -0.2) is 24.6 Å². The largest absolute Gasteiger partial charge is 0.497 e. The zero-order valence-electron chi connectivity index (χ0n) is 15.2. The number of nitrogens with zero attached hydrogens (tertiary/aromatic N) is 1. The second-order valence-electron chi connectivity index (χ2n) is 5.70. The lowest BCUT2D eigenvalue weighted by molar-refractivity contribution is 0.102. The molecule has 3 aromatic rings. The fraction of sp³-hybridized carbons (Fsp3) is 0.143. The van der Waals surface area contributed by atoms with E-state index in [1.165, 1.54) is 6.20 Å². The molecule has 27 heavy (non-hydrogen) atoms. The van der Waals surface area contributed by atoms with Crippen molar-refractivity contribution in [3.8, 4) is 11.5 Å². The molecule has 6 heteroatoms. The number of carbonyl (C=O) groups is 1. The Morgan fingerprint density at radius 2 is 1.81 bits per heavy atom. The van der Waals surface area contributed by atoms with E-state index in [0.717, 1.165) is 17.2 Å². The summed E-state index contributed by atoms with van der Waals surface area (Å²) in [6.07, 6.45) is 1.53. The molecule has 0 aliphatic rings. The first-order valence-corrected chi connectivity index (χ1v) is 8.59. The van der Waals surface area contributed by atoms with Crippen molar-refractivity contribution in [1.82, 2.24) is 4.98 Å². The molecule has 1 heterocycles. The first-order valence-electron chi connectivity index (χ1n) is 8.59. The molecule has 2 aromatic carbocycles. The van der Waals surface area contributed by atoms with E-state index in [-0.39, 0.29) is 5.91 Å². The SMILES string of the molecule is CCOc1ccc(NC(=O)c2ccc(Nc3cccc(OC)c3)nc2)cc1. The maximum atomic E-state index is 12.4. The molecule has 2 N–H and O–H groups in total. The number of nitrogens with one attached hydrogen (secondary N) is 2. The maximum Gasteiger partial charge on any atom is 0.257 e. The zero-order chi connectivity index (χ0) is 19.1. The molecule has 0 bridgehead atoms. The second-order valence-corrected chi connectivity index (χ2v) is 5.70. The predicted molar refractivity (Wildman–Crippen MR) is 106 cm³/mol. The van der Waals surface area contributed by atoms with Crippen LogP contribution in [0.4, 0.5) is 17.2 Å². The summed E-state index contributed by atoms with van der Waals surface area (Å²) in [5.74, 6) is 1.94. The summed E-state index contributed by atoms with van der Waals surface area (Å²) in [4.78, 5) is 16.7. The van der Waals surface area contributed by atoms with E-state index in [4.69, 9.17) is 9.47 Å². The number of rotatable bonds is 7. The summed E-state index contributed by atoms with van der Waals surface area (Å²) in [5, 5.41) is 6.02. The summed E-state index contributed by atoms with van der Waals surface area (Å²) in [5.41, 5.74) is 2.02. The Hall–Kier alpha value is -3.54. The van der Waals surface area contributed by atoms with Crippen LogP contribution in [0.25, 0.3) is 0 Å². The Bertz CT molecular complexity index is 893. The first-order chi connectivity index (χ1) is 13.2. The van der Waals surface area contributed by atoms with Crippen molar-refractivity contribution in [2.45, 2.75) is 6.92 Å². The van der Waals surface area contributed by atoms with Gasteiger partial charge in [0.15, 0.2) is 0 Å². The number of anilines is 3. The number of carbonyl (C=O) groups excluding carboxylic acids is 1. The quantitative estimate of drug-likeness (QED) is 0.647. The third kappa shape index (κ3) is 4.98. The lowest BCUT2D eigenvalue weighted by Gasteiger charge is -2.09. The smallest absolute Gasteiger partial charge is 0.257 e. The average molecular weight is 363 g/mol. The van der Waals surface area contributed by atoms with E-state index >= 15 is 0 Å². The highest BCUT2D eigenvalue weighted by atomic mass is 16.5. The minimum Gasteiger partial charge on any atom is -0.497 e. The number of amides is 1. The van der Waals surface area contributed by atoms with Crippen LogP contribution >= 0.6 is 0 Å². The van der Waals surface area contributed by atoms with E-state index in [2.05, 4.69) is 15.6 Å². The number of pyridine rings is 1. The van der Waals surface area contributed by atoms with Crippen LogP contribution in [0, 0.1) is 0 Å². The normalized spacial score (nSPS) is 10.1. The van der Waals surface area contributed by atoms with Crippen LogP contribution in [0.3, 0.4) is 0 Å². The van der Waals surface area contributed by atoms with Gasteiger partial charge in [0.05, 0.1) is 19.3 Å². The molecule has 0 unspecified atom stereocenters. The molecule has 1 amide bonds. The number of hydrogen-bond donors (Lipinski definition) is 2. The molecule has 138 valence electrons. The molecule has 0 saturated carbocycles. The molecule has 0 saturated heterocycles. The molecule has 3 rings (SSSR count). The van der Waals surface area contributed by atoms with Gasteiger partial charge in [-0.1, -0.05) is 6.07 Å². The minimum absolute atomic E-state index is 0.223. The van der Waals surface area contributed by atoms with Gasteiger partial charge in [0.2, 0.25) is 0 Å². The molecule has 6 nitrogen and oxygen atoms in total. The molecule has 0 aliphatic heterocycles. The van der Waals surface area contributed by atoms with Crippen LogP contribution in [0.2, 0.25) is 0 Å². The van der Waals surface area contributed by atoms with Gasteiger partial charge in [-0.15, -0.1) is 0 Å². The van der Waals surface area contributed by atoms with Crippen molar-refractivity contribution in [2.75, 3.05) is 24.4 Å². The fourth-order valence-corrected chi connectivity index (χ4v) is 2.46. The van der Waals surface area contributed by atoms with Gasteiger partial charge in [-0.05, 0) is 55.5 Å². The van der Waals surface area contributed by atoms with Gasteiger partial charge in [-0.3, -0.25) is 4.79 Å². The maximum absolute atomic E-state index is 12.4. The van der Waals surface area contributed by atoms with Crippen LogP contribution in [0.15, 0.2) is 66.9 Å². The Labute approximate surface area is 158 Å². The molecule has 0 radical (unpaired) electrons. The van der Waals surface area contributed by atoms with Gasteiger partial charge in [-0.2, -0.15) is 0 Å². The number of benzene rings is 2. The topological polar surface area (TPSA) is 72.5 Å².